The van der Waals surface area contributed by atoms with Crippen molar-refractivity contribution in [2.24, 2.45) is 5.92 Å². The third-order valence-corrected chi connectivity index (χ3v) is 4.07. The summed E-state index contributed by atoms with van der Waals surface area (Å²) in [7, 11) is 0. The molecule has 5 nitrogen and oxygen atoms in total. The van der Waals surface area contributed by atoms with Gasteiger partial charge in [-0.25, -0.2) is 4.98 Å². The highest BCUT2D eigenvalue weighted by Crippen LogP contribution is 2.18. The predicted octanol–water partition coefficient (Wildman–Crippen LogP) is 3.21. The highest BCUT2D eigenvalue weighted by atomic mass is 16.5. The number of carbonyl (C=O) groups is 1. The van der Waals surface area contributed by atoms with Crippen molar-refractivity contribution < 1.29 is 13.9 Å². The Morgan fingerprint density at radius 3 is 2.86 bits per heavy atom. The minimum absolute atomic E-state index is 0.0538. The number of aromatic nitrogens is 1. The average molecular weight is 308 g/mol. The summed E-state index contributed by atoms with van der Waals surface area (Å²) >= 11 is 0. The van der Waals surface area contributed by atoms with Gasteiger partial charge in [0.1, 0.15) is 0 Å². The Kier molecular flexibility index (Phi) is 6.00. The van der Waals surface area contributed by atoms with Gasteiger partial charge in [-0.05, 0) is 19.3 Å². The van der Waals surface area contributed by atoms with Gasteiger partial charge >= 0.3 is 0 Å². The molecule has 2 rings (SSSR count). The van der Waals surface area contributed by atoms with Crippen LogP contribution in [0.2, 0.25) is 0 Å². The van der Waals surface area contributed by atoms with Crippen LogP contribution < -0.4 is 0 Å². The number of aryl methyl sites for hydroxylation is 2. The van der Waals surface area contributed by atoms with E-state index in [2.05, 4.69) is 18.8 Å². The molecule has 0 radical (unpaired) electrons. The zero-order valence-electron chi connectivity index (χ0n) is 14.2. The van der Waals surface area contributed by atoms with Gasteiger partial charge in [0.15, 0.2) is 5.89 Å². The molecule has 1 amide bonds. The van der Waals surface area contributed by atoms with E-state index in [9.17, 15) is 4.79 Å². The molecule has 0 aromatic carbocycles. The zero-order valence-corrected chi connectivity index (χ0v) is 14.2. The van der Waals surface area contributed by atoms with Crippen molar-refractivity contribution in [3.05, 3.63) is 17.3 Å². The molecule has 0 spiro atoms. The normalized spacial score (nSPS) is 19.0. The summed E-state index contributed by atoms with van der Waals surface area (Å²) in [4.78, 5) is 18.7. The van der Waals surface area contributed by atoms with Crippen molar-refractivity contribution in [3.8, 4) is 0 Å². The standard InChI is InChI=1S/C17H28N2O3/c1-5-15-18-13(4)16(22-15)17(20)19-9-10-21-14(11-19)8-6-7-12(2)3/h12,14H,5-11H2,1-4H3/t14-/m1/s1. The summed E-state index contributed by atoms with van der Waals surface area (Å²) in [5.74, 6) is 1.68. The maximum Gasteiger partial charge on any atom is 0.291 e. The fraction of sp³-hybridized carbons (Fsp3) is 0.765. The third-order valence-electron chi connectivity index (χ3n) is 4.07. The van der Waals surface area contributed by atoms with Crippen LogP contribution >= 0.6 is 0 Å². The van der Waals surface area contributed by atoms with Crippen LogP contribution in [0, 0.1) is 12.8 Å². The maximum absolute atomic E-state index is 12.6. The van der Waals surface area contributed by atoms with Crippen molar-refractivity contribution in [2.75, 3.05) is 19.7 Å². The number of rotatable bonds is 6. The van der Waals surface area contributed by atoms with Gasteiger partial charge in [-0.1, -0.05) is 33.6 Å². The number of hydrogen-bond donors (Lipinski definition) is 0. The molecular formula is C17H28N2O3. The fourth-order valence-electron chi connectivity index (χ4n) is 2.78. The first-order valence-corrected chi connectivity index (χ1v) is 8.38. The van der Waals surface area contributed by atoms with Gasteiger partial charge in [0.2, 0.25) is 5.76 Å². The molecule has 124 valence electrons. The van der Waals surface area contributed by atoms with Crippen molar-refractivity contribution in [2.45, 2.75) is 59.5 Å². The van der Waals surface area contributed by atoms with Crippen LogP contribution in [0.3, 0.4) is 0 Å². The van der Waals surface area contributed by atoms with Gasteiger partial charge in [0, 0.05) is 19.5 Å². The largest absolute Gasteiger partial charge is 0.435 e. The molecule has 0 saturated carbocycles. The van der Waals surface area contributed by atoms with Gasteiger partial charge in [0.05, 0.1) is 18.4 Å². The number of oxazole rings is 1. The zero-order chi connectivity index (χ0) is 16.1. The Labute approximate surface area is 133 Å². The first-order chi connectivity index (χ1) is 10.5. The lowest BCUT2D eigenvalue weighted by Gasteiger charge is -2.32. The second kappa shape index (κ2) is 7.77. The molecule has 1 aromatic rings. The van der Waals surface area contributed by atoms with Crippen LogP contribution in [0.25, 0.3) is 0 Å². The number of amides is 1. The molecule has 1 saturated heterocycles. The Balaban J connectivity index is 1.93. The van der Waals surface area contributed by atoms with E-state index in [0.29, 0.717) is 49.4 Å². The summed E-state index contributed by atoms with van der Waals surface area (Å²) in [6.07, 6.45) is 4.21. The van der Waals surface area contributed by atoms with Crippen LogP contribution in [0.4, 0.5) is 0 Å². The molecule has 1 fully saturated rings. The van der Waals surface area contributed by atoms with E-state index in [1.165, 1.54) is 6.42 Å². The molecule has 0 unspecified atom stereocenters. The van der Waals surface area contributed by atoms with Crippen molar-refractivity contribution in [1.82, 2.24) is 9.88 Å². The lowest BCUT2D eigenvalue weighted by atomic mass is 10.0. The quantitative estimate of drug-likeness (QED) is 0.809. The number of carbonyl (C=O) groups excluding carboxylic acids is 1. The molecule has 1 aliphatic rings. The molecule has 0 bridgehead atoms. The molecule has 0 N–H and O–H groups in total. The lowest BCUT2D eigenvalue weighted by molar-refractivity contribution is -0.0269. The summed E-state index contributed by atoms with van der Waals surface area (Å²) < 4.78 is 11.4. The first-order valence-electron chi connectivity index (χ1n) is 8.38. The molecule has 1 aliphatic heterocycles. The molecule has 5 heteroatoms. The monoisotopic (exact) mass is 308 g/mol. The van der Waals surface area contributed by atoms with Crippen molar-refractivity contribution >= 4 is 5.91 Å². The molecular weight excluding hydrogens is 280 g/mol. The van der Waals surface area contributed by atoms with Crippen LogP contribution in [0.15, 0.2) is 4.42 Å². The van der Waals surface area contributed by atoms with Gasteiger partial charge < -0.3 is 14.1 Å². The number of ether oxygens (including phenoxy) is 1. The van der Waals surface area contributed by atoms with Crippen LogP contribution in [-0.4, -0.2) is 41.6 Å². The Morgan fingerprint density at radius 2 is 2.23 bits per heavy atom. The Bertz CT molecular complexity index is 496. The van der Waals surface area contributed by atoms with Gasteiger partial charge in [-0.2, -0.15) is 0 Å². The van der Waals surface area contributed by atoms with E-state index in [-0.39, 0.29) is 12.0 Å². The number of hydrogen-bond acceptors (Lipinski definition) is 4. The van der Waals surface area contributed by atoms with Crippen LogP contribution in [-0.2, 0) is 11.2 Å². The number of morpholine rings is 1. The molecule has 1 aromatic heterocycles. The SMILES string of the molecule is CCc1nc(C)c(C(=O)N2CCO[C@H](CCCC(C)C)C2)o1. The molecule has 2 heterocycles. The smallest absolute Gasteiger partial charge is 0.291 e. The van der Waals surface area contributed by atoms with E-state index in [1.807, 2.05) is 18.7 Å². The van der Waals surface area contributed by atoms with Crippen LogP contribution in [0.5, 0.6) is 0 Å². The van der Waals surface area contributed by atoms with Gasteiger partial charge in [-0.15, -0.1) is 0 Å². The summed E-state index contributed by atoms with van der Waals surface area (Å²) in [6, 6.07) is 0. The van der Waals surface area contributed by atoms with Crippen molar-refractivity contribution in [3.63, 3.8) is 0 Å². The van der Waals surface area contributed by atoms with E-state index in [0.717, 1.165) is 12.8 Å². The molecule has 0 aliphatic carbocycles. The highest BCUT2D eigenvalue weighted by molar-refractivity contribution is 5.92. The number of nitrogens with zero attached hydrogens (tertiary/aromatic N) is 2. The Morgan fingerprint density at radius 1 is 1.45 bits per heavy atom. The minimum atomic E-state index is -0.0538. The summed E-state index contributed by atoms with van der Waals surface area (Å²) in [5.41, 5.74) is 0.685. The van der Waals surface area contributed by atoms with Crippen molar-refractivity contribution in [1.29, 1.82) is 0 Å². The highest BCUT2D eigenvalue weighted by Gasteiger charge is 2.28. The third kappa shape index (κ3) is 4.32. The van der Waals surface area contributed by atoms with Crippen LogP contribution in [0.1, 0.15) is 62.2 Å². The Hall–Kier alpha value is -1.36. The lowest BCUT2D eigenvalue weighted by Crippen LogP contribution is -2.45. The first kappa shape index (κ1) is 17.0. The fourth-order valence-corrected chi connectivity index (χ4v) is 2.78. The molecule has 1 atom stereocenters. The maximum atomic E-state index is 12.6. The molecule has 22 heavy (non-hydrogen) atoms. The minimum Gasteiger partial charge on any atom is -0.435 e. The van der Waals surface area contributed by atoms with E-state index in [4.69, 9.17) is 9.15 Å². The van der Waals surface area contributed by atoms with Gasteiger partial charge in [0.25, 0.3) is 5.91 Å². The van der Waals surface area contributed by atoms with E-state index in [1.54, 1.807) is 0 Å². The average Bonchev–Trinajstić information content (AvgIpc) is 2.87. The second-order valence-electron chi connectivity index (χ2n) is 6.44. The van der Waals surface area contributed by atoms with E-state index >= 15 is 0 Å². The second-order valence-corrected chi connectivity index (χ2v) is 6.44. The van der Waals surface area contributed by atoms with E-state index < -0.39 is 0 Å². The topological polar surface area (TPSA) is 55.6 Å². The predicted molar refractivity (Wildman–Crippen MR) is 85.0 cm³/mol. The van der Waals surface area contributed by atoms with Gasteiger partial charge in [-0.3, -0.25) is 4.79 Å². The summed E-state index contributed by atoms with van der Waals surface area (Å²) in [6.45, 7) is 10.1. The summed E-state index contributed by atoms with van der Waals surface area (Å²) in [5, 5.41) is 0.